The summed E-state index contributed by atoms with van der Waals surface area (Å²) in [5.74, 6) is 0.263. The van der Waals surface area contributed by atoms with Crippen LogP contribution in [0.2, 0.25) is 0 Å². The van der Waals surface area contributed by atoms with Crippen LogP contribution >= 0.6 is 0 Å². The van der Waals surface area contributed by atoms with Crippen molar-refractivity contribution in [1.29, 1.82) is 0 Å². The van der Waals surface area contributed by atoms with Gasteiger partial charge < -0.3 is 15.7 Å². The highest BCUT2D eigenvalue weighted by molar-refractivity contribution is 5.62. The molecule has 0 aliphatic carbocycles. The van der Waals surface area contributed by atoms with Crippen LogP contribution in [0, 0.1) is 0 Å². The predicted molar refractivity (Wildman–Crippen MR) is 68.3 cm³/mol. The largest absolute Gasteiger partial charge is 0.508 e. The van der Waals surface area contributed by atoms with E-state index in [2.05, 4.69) is 4.98 Å². The molecule has 1 heterocycles. The molecule has 0 atom stereocenters. The molecule has 4 nitrogen and oxygen atoms in total. The van der Waals surface area contributed by atoms with Crippen molar-refractivity contribution in [2.75, 3.05) is 11.9 Å². The lowest BCUT2D eigenvalue weighted by Crippen LogP contribution is -2.10. The summed E-state index contributed by atoms with van der Waals surface area (Å²) >= 11 is 0. The van der Waals surface area contributed by atoms with Gasteiger partial charge in [0, 0.05) is 19.3 Å². The fourth-order valence-electron chi connectivity index (χ4n) is 1.56. The third-order valence-electron chi connectivity index (χ3n) is 2.64. The Morgan fingerprint density at radius 3 is 2.29 bits per heavy atom. The van der Waals surface area contributed by atoms with E-state index in [1.165, 1.54) is 0 Å². The van der Waals surface area contributed by atoms with E-state index in [-0.39, 0.29) is 5.75 Å². The van der Waals surface area contributed by atoms with Crippen molar-refractivity contribution in [3.63, 3.8) is 0 Å². The van der Waals surface area contributed by atoms with Gasteiger partial charge in [0.15, 0.2) is 0 Å². The molecular weight excluding hydrogens is 214 g/mol. The highest BCUT2D eigenvalue weighted by Crippen LogP contribution is 2.24. The number of rotatable bonds is 3. The number of nitrogens with zero attached hydrogens (tertiary/aromatic N) is 2. The molecule has 0 unspecified atom stereocenters. The van der Waals surface area contributed by atoms with E-state index in [1.54, 1.807) is 18.3 Å². The number of aromatic nitrogens is 1. The molecule has 0 aliphatic rings. The van der Waals surface area contributed by atoms with Crippen molar-refractivity contribution in [3.8, 4) is 5.75 Å². The zero-order chi connectivity index (χ0) is 12.3. The van der Waals surface area contributed by atoms with Crippen LogP contribution in [0.15, 0.2) is 42.6 Å². The minimum Gasteiger partial charge on any atom is -0.508 e. The van der Waals surface area contributed by atoms with E-state index in [9.17, 15) is 5.11 Å². The summed E-state index contributed by atoms with van der Waals surface area (Å²) in [6.45, 7) is 0.448. The van der Waals surface area contributed by atoms with Gasteiger partial charge in [-0.2, -0.15) is 0 Å². The lowest BCUT2D eigenvalue weighted by atomic mass is 10.2. The third kappa shape index (κ3) is 2.54. The number of hydrogen-bond donors (Lipinski definition) is 2. The van der Waals surface area contributed by atoms with Gasteiger partial charge in [-0.3, -0.25) is 4.98 Å². The first-order valence-corrected chi connectivity index (χ1v) is 5.38. The molecule has 0 bridgehead atoms. The van der Waals surface area contributed by atoms with Crippen LogP contribution in [-0.2, 0) is 6.54 Å². The second-order valence-corrected chi connectivity index (χ2v) is 3.79. The van der Waals surface area contributed by atoms with Gasteiger partial charge >= 0.3 is 0 Å². The fraction of sp³-hybridized carbons (Fsp3) is 0.154. The molecule has 4 heteroatoms. The van der Waals surface area contributed by atoms with Crippen molar-refractivity contribution in [1.82, 2.24) is 4.98 Å². The molecule has 0 fully saturated rings. The fourth-order valence-corrected chi connectivity index (χ4v) is 1.56. The number of benzene rings is 1. The van der Waals surface area contributed by atoms with E-state index in [0.29, 0.717) is 6.54 Å². The number of nitrogens with two attached hydrogens (primary N) is 1. The number of pyridine rings is 1. The van der Waals surface area contributed by atoms with Gasteiger partial charge in [-0.1, -0.05) is 0 Å². The van der Waals surface area contributed by atoms with Crippen LogP contribution in [0.5, 0.6) is 5.75 Å². The monoisotopic (exact) mass is 229 g/mol. The molecule has 2 aromatic rings. The van der Waals surface area contributed by atoms with Gasteiger partial charge in [-0.25, -0.2) is 0 Å². The molecular formula is C13H15N3O. The number of hydrogen-bond acceptors (Lipinski definition) is 4. The van der Waals surface area contributed by atoms with Crippen LogP contribution in [0.25, 0.3) is 0 Å². The molecule has 0 saturated carbocycles. The van der Waals surface area contributed by atoms with E-state index >= 15 is 0 Å². The molecule has 1 aromatic carbocycles. The Morgan fingerprint density at radius 2 is 1.76 bits per heavy atom. The Morgan fingerprint density at radius 1 is 1.12 bits per heavy atom. The summed E-state index contributed by atoms with van der Waals surface area (Å²) in [6.07, 6.45) is 1.79. The van der Waals surface area contributed by atoms with Gasteiger partial charge in [0.25, 0.3) is 0 Å². The van der Waals surface area contributed by atoms with E-state index in [4.69, 9.17) is 5.73 Å². The van der Waals surface area contributed by atoms with Gasteiger partial charge in [0.05, 0.1) is 17.6 Å². The van der Waals surface area contributed by atoms with Crippen LogP contribution < -0.4 is 10.6 Å². The Kier molecular flexibility index (Phi) is 3.25. The Balaban J connectivity index is 2.23. The SMILES string of the molecule is CN(c1ccc(O)cc1)c1ccc(CN)nc1. The van der Waals surface area contributed by atoms with Crippen LogP contribution in [-0.4, -0.2) is 17.1 Å². The number of phenols is 1. The lowest BCUT2D eigenvalue weighted by Gasteiger charge is -2.19. The molecule has 0 amide bonds. The topological polar surface area (TPSA) is 62.4 Å². The Hall–Kier alpha value is -2.07. The van der Waals surface area contributed by atoms with Gasteiger partial charge in [0.2, 0.25) is 0 Å². The summed E-state index contributed by atoms with van der Waals surface area (Å²) in [5, 5.41) is 9.23. The lowest BCUT2D eigenvalue weighted by molar-refractivity contribution is 0.475. The first-order chi connectivity index (χ1) is 8.20. The number of aromatic hydroxyl groups is 1. The van der Waals surface area contributed by atoms with Crippen molar-refractivity contribution in [2.24, 2.45) is 5.73 Å². The highest BCUT2D eigenvalue weighted by atomic mass is 16.3. The first-order valence-electron chi connectivity index (χ1n) is 5.38. The minimum absolute atomic E-state index is 0.263. The molecule has 2 rings (SSSR count). The third-order valence-corrected chi connectivity index (χ3v) is 2.64. The molecule has 0 spiro atoms. The van der Waals surface area contributed by atoms with E-state index in [0.717, 1.165) is 17.1 Å². The number of anilines is 2. The van der Waals surface area contributed by atoms with E-state index in [1.807, 2.05) is 36.2 Å². The van der Waals surface area contributed by atoms with Crippen molar-refractivity contribution in [2.45, 2.75) is 6.54 Å². The maximum absolute atomic E-state index is 9.23. The standard InChI is InChI=1S/C13H15N3O/c1-16(11-4-6-13(17)7-5-11)12-3-2-10(8-14)15-9-12/h2-7,9,17H,8,14H2,1H3. The average molecular weight is 229 g/mol. The molecule has 88 valence electrons. The summed E-state index contributed by atoms with van der Waals surface area (Å²) in [4.78, 5) is 6.24. The molecule has 0 aliphatic heterocycles. The Labute approximate surface area is 100 Å². The summed E-state index contributed by atoms with van der Waals surface area (Å²) < 4.78 is 0. The van der Waals surface area contributed by atoms with Crippen LogP contribution in [0.1, 0.15) is 5.69 Å². The molecule has 17 heavy (non-hydrogen) atoms. The van der Waals surface area contributed by atoms with E-state index < -0.39 is 0 Å². The molecule has 0 saturated heterocycles. The summed E-state index contributed by atoms with van der Waals surface area (Å²) in [6, 6.07) is 10.9. The highest BCUT2D eigenvalue weighted by Gasteiger charge is 2.04. The normalized spacial score (nSPS) is 10.2. The molecule has 1 aromatic heterocycles. The predicted octanol–water partition coefficient (Wildman–Crippen LogP) is 2.01. The minimum atomic E-state index is 0.263. The van der Waals surface area contributed by atoms with Crippen molar-refractivity contribution < 1.29 is 5.11 Å². The Bertz CT molecular complexity index is 479. The molecule has 0 radical (unpaired) electrons. The summed E-state index contributed by atoms with van der Waals surface area (Å²) in [5.41, 5.74) is 8.34. The van der Waals surface area contributed by atoms with Gasteiger partial charge in [-0.15, -0.1) is 0 Å². The number of phenolic OH excluding ortho intramolecular Hbond substituents is 1. The van der Waals surface area contributed by atoms with Crippen molar-refractivity contribution in [3.05, 3.63) is 48.3 Å². The first kappa shape index (κ1) is 11.4. The smallest absolute Gasteiger partial charge is 0.115 e. The zero-order valence-corrected chi connectivity index (χ0v) is 9.67. The van der Waals surface area contributed by atoms with Gasteiger partial charge in [0.1, 0.15) is 5.75 Å². The van der Waals surface area contributed by atoms with Gasteiger partial charge in [-0.05, 0) is 36.4 Å². The average Bonchev–Trinajstić information content (AvgIpc) is 2.39. The maximum Gasteiger partial charge on any atom is 0.115 e. The van der Waals surface area contributed by atoms with Crippen LogP contribution in [0.4, 0.5) is 11.4 Å². The van der Waals surface area contributed by atoms with Crippen molar-refractivity contribution >= 4 is 11.4 Å². The second kappa shape index (κ2) is 4.84. The van der Waals surface area contributed by atoms with Crippen LogP contribution in [0.3, 0.4) is 0 Å². The zero-order valence-electron chi connectivity index (χ0n) is 9.67. The molecule has 3 N–H and O–H groups in total. The quantitative estimate of drug-likeness (QED) is 0.845. The maximum atomic E-state index is 9.23. The second-order valence-electron chi connectivity index (χ2n) is 3.79. The summed E-state index contributed by atoms with van der Waals surface area (Å²) in [7, 11) is 1.95.